The summed E-state index contributed by atoms with van der Waals surface area (Å²) in [5, 5.41) is 9.00. The van der Waals surface area contributed by atoms with E-state index in [0.29, 0.717) is 11.5 Å². The lowest BCUT2D eigenvalue weighted by atomic mass is 9.69. The molecule has 1 aromatic rings. The van der Waals surface area contributed by atoms with E-state index in [9.17, 15) is 4.79 Å². The van der Waals surface area contributed by atoms with Crippen LogP contribution in [0.5, 0.6) is 0 Å². The highest BCUT2D eigenvalue weighted by Gasteiger charge is 2.29. The number of rotatable bonds is 7. The zero-order valence-electron chi connectivity index (χ0n) is 14.1. The molecule has 1 aromatic carbocycles. The van der Waals surface area contributed by atoms with E-state index >= 15 is 0 Å². The van der Waals surface area contributed by atoms with Gasteiger partial charge in [0, 0.05) is 0 Å². The molecule has 1 fully saturated rings. The molecule has 0 spiro atoms. The second-order valence-electron chi connectivity index (χ2n) is 6.86. The van der Waals surface area contributed by atoms with Gasteiger partial charge in [0.15, 0.2) is 0 Å². The highest BCUT2D eigenvalue weighted by atomic mass is 16.4. The number of hydrogen-bond acceptors (Lipinski definition) is 1. The van der Waals surface area contributed by atoms with Crippen molar-refractivity contribution < 1.29 is 9.90 Å². The minimum absolute atomic E-state index is 0.393. The van der Waals surface area contributed by atoms with E-state index < -0.39 is 5.97 Å². The Hall–Kier alpha value is -1.31. The Kier molecular flexibility index (Phi) is 6.48. The van der Waals surface area contributed by atoms with Gasteiger partial charge in [-0.2, -0.15) is 0 Å². The smallest absolute Gasteiger partial charge is 0.335 e. The van der Waals surface area contributed by atoms with E-state index in [1.165, 1.54) is 56.9 Å². The molecule has 1 N–H and O–H groups in total. The van der Waals surface area contributed by atoms with Gasteiger partial charge < -0.3 is 5.11 Å². The van der Waals surface area contributed by atoms with Crippen molar-refractivity contribution in [1.29, 1.82) is 0 Å². The first-order chi connectivity index (χ1) is 10.7. The number of carboxylic acids is 1. The van der Waals surface area contributed by atoms with Crippen LogP contribution in [0.15, 0.2) is 24.3 Å². The summed E-state index contributed by atoms with van der Waals surface area (Å²) in [6.07, 6.45) is 10.6. The molecule has 0 radical (unpaired) electrons. The van der Waals surface area contributed by atoms with Crippen molar-refractivity contribution >= 4 is 5.97 Å². The van der Waals surface area contributed by atoms with E-state index in [-0.39, 0.29) is 0 Å². The molecule has 2 heteroatoms. The highest BCUT2D eigenvalue weighted by molar-refractivity contribution is 5.87. The van der Waals surface area contributed by atoms with Crippen LogP contribution in [-0.4, -0.2) is 11.1 Å². The van der Waals surface area contributed by atoms with Crippen molar-refractivity contribution in [2.45, 2.75) is 71.1 Å². The van der Waals surface area contributed by atoms with Crippen molar-refractivity contribution in [3.63, 3.8) is 0 Å². The molecule has 0 unspecified atom stereocenters. The van der Waals surface area contributed by atoms with Crippen LogP contribution < -0.4 is 0 Å². The first-order valence-corrected chi connectivity index (χ1v) is 8.98. The summed E-state index contributed by atoms with van der Waals surface area (Å²) >= 11 is 0. The standard InChI is InChI=1S/C20H30O2/c1-3-5-6-7-16-10-13-19(14-15(16)4-2)17-8-11-18(12-9-17)20(21)22/h8-9,11-12,15-16,19H,3-7,10,13-14H2,1-2H3,(H,21,22)/t15-,16-,19+/m0/s1. The van der Waals surface area contributed by atoms with Gasteiger partial charge in [0.25, 0.3) is 0 Å². The van der Waals surface area contributed by atoms with Gasteiger partial charge in [0.2, 0.25) is 0 Å². The lowest BCUT2D eigenvalue weighted by Gasteiger charge is -2.36. The zero-order valence-corrected chi connectivity index (χ0v) is 14.1. The second-order valence-corrected chi connectivity index (χ2v) is 6.86. The normalized spacial score (nSPS) is 25.1. The molecule has 0 saturated heterocycles. The first kappa shape index (κ1) is 17.1. The SMILES string of the molecule is CCCCC[C@H]1CC[C@@H](c2ccc(C(=O)O)cc2)C[C@@H]1CC. The van der Waals surface area contributed by atoms with E-state index in [1.54, 1.807) is 12.1 Å². The third kappa shape index (κ3) is 4.34. The number of benzene rings is 1. The van der Waals surface area contributed by atoms with Crippen LogP contribution in [0.1, 0.15) is 87.1 Å². The van der Waals surface area contributed by atoms with Gasteiger partial charge in [-0.1, -0.05) is 58.1 Å². The van der Waals surface area contributed by atoms with Crippen LogP contribution in [0, 0.1) is 11.8 Å². The maximum Gasteiger partial charge on any atom is 0.335 e. The van der Waals surface area contributed by atoms with E-state index in [0.717, 1.165) is 11.8 Å². The summed E-state index contributed by atoms with van der Waals surface area (Å²) in [4.78, 5) is 11.0. The van der Waals surface area contributed by atoms with Gasteiger partial charge in [0.05, 0.1) is 5.56 Å². The van der Waals surface area contributed by atoms with Crippen LogP contribution in [0.4, 0.5) is 0 Å². The molecule has 2 rings (SSSR count). The molecule has 0 aliphatic heterocycles. The Morgan fingerprint density at radius 2 is 1.82 bits per heavy atom. The molecule has 0 heterocycles. The number of carboxylic acid groups (broad SMARTS) is 1. The molecule has 22 heavy (non-hydrogen) atoms. The second kappa shape index (κ2) is 8.36. The minimum atomic E-state index is -0.836. The zero-order chi connectivity index (χ0) is 15.9. The predicted octanol–water partition coefficient (Wildman–Crippen LogP) is 5.88. The molecular weight excluding hydrogens is 272 g/mol. The van der Waals surface area contributed by atoms with Crippen LogP contribution in [0.25, 0.3) is 0 Å². The lowest BCUT2D eigenvalue weighted by Crippen LogP contribution is -2.23. The lowest BCUT2D eigenvalue weighted by molar-refractivity contribution is 0.0697. The molecule has 2 nitrogen and oxygen atoms in total. The van der Waals surface area contributed by atoms with E-state index in [2.05, 4.69) is 13.8 Å². The minimum Gasteiger partial charge on any atom is -0.478 e. The van der Waals surface area contributed by atoms with E-state index in [4.69, 9.17) is 5.11 Å². The average molecular weight is 302 g/mol. The number of carbonyl (C=O) groups is 1. The Bertz CT molecular complexity index is 463. The van der Waals surface area contributed by atoms with Gasteiger partial charge in [-0.15, -0.1) is 0 Å². The molecule has 1 aliphatic rings. The molecule has 0 bridgehead atoms. The first-order valence-electron chi connectivity index (χ1n) is 8.98. The van der Waals surface area contributed by atoms with Crippen molar-refractivity contribution in [3.05, 3.63) is 35.4 Å². The Balaban J connectivity index is 1.96. The highest BCUT2D eigenvalue weighted by Crippen LogP contribution is 2.43. The quantitative estimate of drug-likeness (QED) is 0.639. The maximum absolute atomic E-state index is 11.0. The fourth-order valence-corrected chi connectivity index (χ4v) is 4.06. The van der Waals surface area contributed by atoms with Gasteiger partial charge in [-0.05, 0) is 54.7 Å². The summed E-state index contributed by atoms with van der Waals surface area (Å²) in [6, 6.07) is 7.56. The molecule has 0 aromatic heterocycles. The molecule has 3 atom stereocenters. The summed E-state index contributed by atoms with van der Waals surface area (Å²) in [7, 11) is 0. The van der Waals surface area contributed by atoms with Crippen LogP contribution in [-0.2, 0) is 0 Å². The monoisotopic (exact) mass is 302 g/mol. The van der Waals surface area contributed by atoms with Crippen LogP contribution in [0.3, 0.4) is 0 Å². The summed E-state index contributed by atoms with van der Waals surface area (Å²) in [6.45, 7) is 4.60. The number of unbranched alkanes of at least 4 members (excludes halogenated alkanes) is 2. The van der Waals surface area contributed by atoms with Crippen molar-refractivity contribution in [3.8, 4) is 0 Å². The fraction of sp³-hybridized carbons (Fsp3) is 0.650. The van der Waals surface area contributed by atoms with Gasteiger partial charge >= 0.3 is 5.97 Å². The van der Waals surface area contributed by atoms with E-state index in [1.807, 2.05) is 12.1 Å². The van der Waals surface area contributed by atoms with Crippen LogP contribution >= 0.6 is 0 Å². The fourth-order valence-electron chi connectivity index (χ4n) is 4.06. The van der Waals surface area contributed by atoms with Crippen molar-refractivity contribution in [1.82, 2.24) is 0 Å². The van der Waals surface area contributed by atoms with Gasteiger partial charge in [-0.25, -0.2) is 4.79 Å². The number of hydrogen-bond donors (Lipinski definition) is 1. The molecule has 1 saturated carbocycles. The Labute approximate surface area is 134 Å². The van der Waals surface area contributed by atoms with Gasteiger partial charge in [0.1, 0.15) is 0 Å². The third-order valence-corrected chi connectivity index (χ3v) is 5.47. The Morgan fingerprint density at radius 3 is 2.41 bits per heavy atom. The third-order valence-electron chi connectivity index (χ3n) is 5.47. The largest absolute Gasteiger partial charge is 0.478 e. The van der Waals surface area contributed by atoms with Crippen molar-refractivity contribution in [2.75, 3.05) is 0 Å². The molecule has 1 aliphatic carbocycles. The Morgan fingerprint density at radius 1 is 1.09 bits per heavy atom. The molecular formula is C20H30O2. The van der Waals surface area contributed by atoms with Crippen molar-refractivity contribution in [2.24, 2.45) is 11.8 Å². The summed E-state index contributed by atoms with van der Waals surface area (Å²) < 4.78 is 0. The maximum atomic E-state index is 11.0. The van der Waals surface area contributed by atoms with Crippen LogP contribution in [0.2, 0.25) is 0 Å². The summed E-state index contributed by atoms with van der Waals surface area (Å²) in [5.74, 6) is 1.54. The summed E-state index contributed by atoms with van der Waals surface area (Å²) in [5.41, 5.74) is 1.72. The molecule has 0 amide bonds. The average Bonchev–Trinajstić information content (AvgIpc) is 2.55. The predicted molar refractivity (Wildman–Crippen MR) is 91.4 cm³/mol. The number of aromatic carboxylic acids is 1. The molecule has 122 valence electrons. The topological polar surface area (TPSA) is 37.3 Å². The van der Waals surface area contributed by atoms with Gasteiger partial charge in [-0.3, -0.25) is 0 Å².